The van der Waals surface area contributed by atoms with Gasteiger partial charge in [0.25, 0.3) is 11.1 Å². The van der Waals surface area contributed by atoms with E-state index in [2.05, 4.69) is 4.98 Å². The van der Waals surface area contributed by atoms with E-state index in [1.165, 1.54) is 19.6 Å². The Labute approximate surface area is 161 Å². The Hall–Kier alpha value is -3.48. The van der Waals surface area contributed by atoms with Crippen LogP contribution in [-0.2, 0) is 13.1 Å². The summed E-state index contributed by atoms with van der Waals surface area (Å²) in [6, 6.07) is 13.7. The van der Waals surface area contributed by atoms with Gasteiger partial charge in [-0.2, -0.15) is 0 Å². The van der Waals surface area contributed by atoms with E-state index in [0.717, 1.165) is 0 Å². The minimum Gasteiger partial charge on any atom is -0.287 e. The number of para-hydroxylation sites is 1. The molecule has 0 radical (unpaired) electrons. The molecule has 0 N–H and O–H groups in total. The van der Waals surface area contributed by atoms with Crippen molar-refractivity contribution in [3.05, 3.63) is 91.6 Å². The summed E-state index contributed by atoms with van der Waals surface area (Å²) in [5.41, 5.74) is 0.571. The normalized spacial score (nSPS) is 10.7. The van der Waals surface area contributed by atoms with E-state index in [-0.39, 0.29) is 24.2 Å². The minimum absolute atomic E-state index is 0.111. The molecule has 3 heterocycles. The van der Waals surface area contributed by atoms with Gasteiger partial charge in [-0.05, 0) is 31.2 Å². The van der Waals surface area contributed by atoms with Crippen molar-refractivity contribution in [1.82, 2.24) is 18.5 Å². The molecule has 28 heavy (non-hydrogen) atoms. The Bertz CT molecular complexity index is 1320. The van der Waals surface area contributed by atoms with Crippen molar-refractivity contribution in [3.8, 4) is 0 Å². The van der Waals surface area contributed by atoms with E-state index in [9.17, 15) is 14.4 Å². The summed E-state index contributed by atoms with van der Waals surface area (Å²) in [4.78, 5) is 42.1. The second-order valence-corrected chi connectivity index (χ2v) is 5.95. The van der Waals surface area contributed by atoms with Gasteiger partial charge in [0.05, 0.1) is 23.1 Å². The molecule has 4 aromatic rings. The summed E-state index contributed by atoms with van der Waals surface area (Å²) in [7, 11) is 0. The molecule has 0 unspecified atom stereocenters. The number of aromatic nitrogens is 4. The van der Waals surface area contributed by atoms with Gasteiger partial charge >= 0.3 is 5.69 Å². The van der Waals surface area contributed by atoms with Gasteiger partial charge in [0.15, 0.2) is 0 Å². The molecule has 0 aliphatic carbocycles. The molecule has 0 spiro atoms. The molecule has 0 atom stereocenters. The van der Waals surface area contributed by atoms with Crippen LogP contribution in [0.15, 0.2) is 69.1 Å². The van der Waals surface area contributed by atoms with Gasteiger partial charge in [0, 0.05) is 18.8 Å². The van der Waals surface area contributed by atoms with Gasteiger partial charge < -0.3 is 0 Å². The van der Waals surface area contributed by atoms with Crippen LogP contribution >= 0.6 is 0 Å². The number of nitrogens with zero attached hydrogens (tertiary/aromatic N) is 4. The molecule has 144 valence electrons. The zero-order valence-electron chi connectivity index (χ0n) is 16.1. The molecular weight excluding hydrogens is 356 g/mol. The molecule has 0 saturated heterocycles. The van der Waals surface area contributed by atoms with Gasteiger partial charge in [-0.1, -0.05) is 32.0 Å². The molecule has 0 saturated carbocycles. The van der Waals surface area contributed by atoms with Crippen molar-refractivity contribution < 1.29 is 0 Å². The molecule has 0 bridgehead atoms. The monoisotopic (exact) mass is 378 g/mol. The van der Waals surface area contributed by atoms with Crippen molar-refractivity contribution in [2.75, 3.05) is 0 Å². The maximum atomic E-state index is 12.8. The second kappa shape index (κ2) is 8.04. The molecule has 7 nitrogen and oxygen atoms in total. The van der Waals surface area contributed by atoms with Crippen molar-refractivity contribution in [2.45, 2.75) is 33.9 Å². The predicted molar refractivity (Wildman–Crippen MR) is 110 cm³/mol. The summed E-state index contributed by atoms with van der Waals surface area (Å²) >= 11 is 0. The standard InChI is InChI=1S/C19H16N4O3.C2H6/c1-2-21-18(25)14-7-3-4-8-15(14)23(19(21)26)12-13-11-17(24)22-10-6-5-9-16(22)20-13;1-2/h3-11H,2,12H2,1H3;1-2H3. The summed E-state index contributed by atoms with van der Waals surface area (Å²) in [5, 5.41) is 0.464. The van der Waals surface area contributed by atoms with Gasteiger partial charge in [0.1, 0.15) is 5.65 Å². The van der Waals surface area contributed by atoms with Crippen LogP contribution in [0.3, 0.4) is 0 Å². The van der Waals surface area contributed by atoms with Crippen LogP contribution in [0.5, 0.6) is 0 Å². The Morgan fingerprint density at radius 3 is 2.39 bits per heavy atom. The first-order valence-corrected chi connectivity index (χ1v) is 9.30. The van der Waals surface area contributed by atoms with Crippen LogP contribution in [-0.4, -0.2) is 18.5 Å². The van der Waals surface area contributed by atoms with Crippen molar-refractivity contribution in [1.29, 1.82) is 0 Å². The Morgan fingerprint density at radius 1 is 0.929 bits per heavy atom. The summed E-state index contributed by atoms with van der Waals surface area (Å²) in [5.74, 6) is 0. The Kier molecular flexibility index (Phi) is 5.54. The number of fused-ring (bicyclic) bond motifs is 2. The summed E-state index contributed by atoms with van der Waals surface area (Å²) in [6.07, 6.45) is 1.65. The number of rotatable bonds is 3. The smallest absolute Gasteiger partial charge is 0.287 e. The maximum absolute atomic E-state index is 12.8. The highest BCUT2D eigenvalue weighted by Crippen LogP contribution is 2.09. The van der Waals surface area contributed by atoms with Gasteiger partial charge in [0.2, 0.25) is 0 Å². The highest BCUT2D eigenvalue weighted by molar-refractivity contribution is 5.77. The fourth-order valence-corrected chi connectivity index (χ4v) is 3.15. The molecule has 7 heteroatoms. The zero-order chi connectivity index (χ0) is 20.3. The molecule has 1 aromatic carbocycles. The average molecular weight is 378 g/mol. The molecule has 0 aliphatic heterocycles. The van der Waals surface area contributed by atoms with Gasteiger partial charge in [-0.25, -0.2) is 9.78 Å². The Balaban J connectivity index is 0.00000109. The average Bonchev–Trinajstić information content (AvgIpc) is 2.73. The summed E-state index contributed by atoms with van der Waals surface area (Å²) in [6.45, 7) is 6.14. The van der Waals surface area contributed by atoms with Crippen LogP contribution in [0.1, 0.15) is 26.5 Å². The van der Waals surface area contributed by atoms with Gasteiger partial charge in [-0.3, -0.25) is 23.1 Å². The molecule has 4 rings (SSSR count). The topological polar surface area (TPSA) is 78.4 Å². The lowest BCUT2D eigenvalue weighted by atomic mass is 10.2. The highest BCUT2D eigenvalue weighted by atomic mass is 16.2. The van der Waals surface area contributed by atoms with Crippen LogP contribution in [0.25, 0.3) is 16.6 Å². The lowest BCUT2D eigenvalue weighted by Crippen LogP contribution is -2.40. The third-order valence-corrected chi connectivity index (χ3v) is 4.39. The first-order chi connectivity index (χ1) is 13.6. The highest BCUT2D eigenvalue weighted by Gasteiger charge is 2.13. The third-order valence-electron chi connectivity index (χ3n) is 4.39. The largest absolute Gasteiger partial charge is 0.331 e. The van der Waals surface area contributed by atoms with Crippen molar-refractivity contribution >= 4 is 16.6 Å². The molecule has 0 amide bonds. The number of hydrogen-bond donors (Lipinski definition) is 0. The van der Waals surface area contributed by atoms with Crippen molar-refractivity contribution in [3.63, 3.8) is 0 Å². The van der Waals surface area contributed by atoms with Crippen LogP contribution in [0.4, 0.5) is 0 Å². The minimum atomic E-state index is -0.411. The maximum Gasteiger partial charge on any atom is 0.331 e. The van der Waals surface area contributed by atoms with E-state index in [1.807, 2.05) is 13.8 Å². The molecule has 0 aliphatic rings. The quantitative estimate of drug-likeness (QED) is 0.548. The Morgan fingerprint density at radius 2 is 1.64 bits per heavy atom. The number of hydrogen-bond acceptors (Lipinski definition) is 4. The third kappa shape index (κ3) is 3.26. The van der Waals surface area contributed by atoms with Crippen LogP contribution in [0.2, 0.25) is 0 Å². The lowest BCUT2D eigenvalue weighted by molar-refractivity contribution is 0.614. The molecule has 3 aromatic heterocycles. The first-order valence-electron chi connectivity index (χ1n) is 9.30. The SMILES string of the molecule is CC.CCn1c(=O)c2ccccc2n(Cc2cc(=O)n3ccccc3n2)c1=O. The van der Waals surface area contributed by atoms with Gasteiger partial charge in [-0.15, -0.1) is 0 Å². The van der Waals surface area contributed by atoms with Crippen molar-refractivity contribution in [2.24, 2.45) is 0 Å². The summed E-state index contributed by atoms with van der Waals surface area (Å²) < 4.78 is 4.12. The van der Waals surface area contributed by atoms with Crippen LogP contribution < -0.4 is 16.8 Å². The molecule has 0 fully saturated rings. The molecular formula is C21H22N4O3. The fraction of sp³-hybridized carbons (Fsp3) is 0.238. The lowest BCUT2D eigenvalue weighted by Gasteiger charge is -2.13. The van der Waals surface area contributed by atoms with Crippen LogP contribution in [0, 0.1) is 0 Å². The van der Waals surface area contributed by atoms with E-state index < -0.39 is 5.69 Å². The van der Waals surface area contributed by atoms with E-state index >= 15 is 0 Å². The fourth-order valence-electron chi connectivity index (χ4n) is 3.15. The predicted octanol–water partition coefficient (Wildman–Crippen LogP) is 2.27. The number of benzene rings is 1. The zero-order valence-corrected chi connectivity index (χ0v) is 16.1. The van der Waals surface area contributed by atoms with E-state index in [0.29, 0.717) is 22.2 Å². The first kappa shape index (κ1) is 19.3. The second-order valence-electron chi connectivity index (χ2n) is 5.95. The number of pyridine rings is 1. The van der Waals surface area contributed by atoms with E-state index in [1.54, 1.807) is 55.6 Å². The van der Waals surface area contributed by atoms with E-state index in [4.69, 9.17) is 0 Å².